The maximum Gasteiger partial charge on any atom is 0.412 e. The fourth-order valence-electron chi connectivity index (χ4n) is 6.60. The van der Waals surface area contributed by atoms with E-state index < -0.39 is 47.6 Å². The van der Waals surface area contributed by atoms with E-state index in [9.17, 15) is 24.3 Å². The molecule has 3 aromatic heterocycles. The molecule has 6 rings (SSSR count). The van der Waals surface area contributed by atoms with Crippen molar-refractivity contribution < 1.29 is 33.8 Å². The molecule has 1 aliphatic carbocycles. The Hall–Kier alpha value is -5.05. The van der Waals surface area contributed by atoms with E-state index in [1.165, 1.54) is 23.2 Å². The van der Waals surface area contributed by atoms with Crippen LogP contribution in [-0.2, 0) is 19.1 Å². The number of amides is 3. The van der Waals surface area contributed by atoms with Crippen molar-refractivity contribution in [1.29, 1.82) is 0 Å². The first kappa shape index (κ1) is 35.8. The Morgan fingerprint density at radius 1 is 1.16 bits per heavy atom. The quantitative estimate of drug-likeness (QED) is 0.181. The van der Waals surface area contributed by atoms with Gasteiger partial charge < -0.3 is 35.4 Å². The lowest BCUT2D eigenvalue weighted by Gasteiger charge is -2.29. The Labute approximate surface area is 299 Å². The van der Waals surface area contributed by atoms with Gasteiger partial charge in [0.25, 0.3) is 0 Å². The Morgan fingerprint density at radius 3 is 2.75 bits per heavy atom. The molecule has 3 aromatic rings. The first-order valence-corrected chi connectivity index (χ1v) is 18.1. The van der Waals surface area contributed by atoms with Crippen LogP contribution in [0.2, 0.25) is 0 Å². The van der Waals surface area contributed by atoms with Crippen LogP contribution in [0.5, 0.6) is 5.88 Å². The zero-order chi connectivity index (χ0) is 36.3. The number of anilines is 1. The number of carbonyl (C=O) groups excluding carboxylic acids is 3. The van der Waals surface area contributed by atoms with Crippen molar-refractivity contribution in [2.45, 2.75) is 95.5 Å². The van der Waals surface area contributed by atoms with Crippen LogP contribution in [0.15, 0.2) is 54.1 Å². The molecule has 1 saturated heterocycles. The van der Waals surface area contributed by atoms with E-state index in [0.717, 1.165) is 19.3 Å². The predicted molar refractivity (Wildman–Crippen MR) is 191 cm³/mol. The molecule has 270 valence electrons. The minimum Gasteiger partial charge on any atom is -0.479 e. The second-order valence-electron chi connectivity index (χ2n) is 13.6. The molecule has 3 amide bonds. The molecule has 0 aromatic carbocycles. The third-order valence-corrected chi connectivity index (χ3v) is 10.0. The molecule has 2 fully saturated rings. The highest BCUT2D eigenvalue weighted by Crippen LogP contribution is 2.45. The van der Waals surface area contributed by atoms with Gasteiger partial charge in [-0.15, -0.1) is 11.3 Å². The molecular formula is C36H43N7O7S. The third-order valence-electron chi connectivity index (χ3n) is 9.15. The molecule has 15 heteroatoms. The summed E-state index contributed by atoms with van der Waals surface area (Å²) < 4.78 is 12.3. The Balaban J connectivity index is 1.31. The number of nitrogens with zero attached hydrogens (tertiary/aromatic N) is 4. The highest BCUT2D eigenvalue weighted by molar-refractivity contribution is 7.17. The number of thiophene rings is 1. The maximum absolute atomic E-state index is 14.3. The van der Waals surface area contributed by atoms with E-state index in [-0.39, 0.29) is 43.0 Å². The number of hydrogen-bond donors (Lipinski definition) is 4. The van der Waals surface area contributed by atoms with Crippen molar-refractivity contribution in [3.05, 3.63) is 54.1 Å². The molecule has 51 heavy (non-hydrogen) atoms. The van der Waals surface area contributed by atoms with E-state index in [2.05, 4.69) is 27.5 Å². The summed E-state index contributed by atoms with van der Waals surface area (Å²) in [5.74, 6) is -1.12. The van der Waals surface area contributed by atoms with Gasteiger partial charge in [-0.3, -0.25) is 9.59 Å². The number of aliphatic carboxylic acids is 1. The number of aromatic nitrogens is 3. The van der Waals surface area contributed by atoms with Gasteiger partial charge in [-0.25, -0.2) is 19.6 Å². The van der Waals surface area contributed by atoms with E-state index in [1.807, 2.05) is 55.6 Å². The molecule has 5 heterocycles. The van der Waals surface area contributed by atoms with Gasteiger partial charge in [0.15, 0.2) is 5.82 Å². The lowest BCUT2D eigenvalue weighted by atomic mass is 10.1. The molecule has 0 spiro atoms. The number of ether oxygens (including phenoxy) is 2. The standard InChI is InChI=1S/C36H43N7O7S/c1-20(2)37-28-14-10-13-25(38-28)30-39-24-15-16-51-29(24)32(41-30)50-23-17-27-31(44)42-36(34(46)47)18-22(36)11-8-6-5-7-9-12-26(33(45)43(27)19-23)40-35(48)49-21(3)4/h8,10-11,13-16,20,22-23,26-27H,3,5-7,9,12,17-19H2,1-2,4H3,(H,37,38)(H,40,48)(H,42,44)(H,46,47)/b11-8-/t22-,23-,26+,27+,36-/m1/s1. The molecule has 0 unspecified atom stereocenters. The molecule has 0 radical (unpaired) electrons. The normalized spacial score (nSPS) is 25.8. The van der Waals surface area contributed by atoms with Gasteiger partial charge in [0.2, 0.25) is 17.7 Å². The van der Waals surface area contributed by atoms with Gasteiger partial charge >= 0.3 is 12.1 Å². The van der Waals surface area contributed by atoms with Crippen LogP contribution in [0.4, 0.5) is 10.6 Å². The number of nitrogens with one attached hydrogen (secondary N) is 3. The molecule has 3 aliphatic rings. The van der Waals surface area contributed by atoms with Gasteiger partial charge in [-0.1, -0.05) is 37.6 Å². The van der Waals surface area contributed by atoms with Gasteiger partial charge in [0.05, 0.1) is 17.8 Å². The van der Waals surface area contributed by atoms with Crippen LogP contribution < -0.4 is 20.7 Å². The van der Waals surface area contributed by atoms with Crippen LogP contribution in [-0.4, -0.2) is 85.1 Å². The van der Waals surface area contributed by atoms with Crippen molar-refractivity contribution in [3.63, 3.8) is 0 Å². The van der Waals surface area contributed by atoms with Crippen molar-refractivity contribution in [3.8, 4) is 17.4 Å². The molecule has 4 N–H and O–H groups in total. The van der Waals surface area contributed by atoms with E-state index in [0.29, 0.717) is 40.4 Å². The molecule has 14 nitrogen and oxygen atoms in total. The second-order valence-corrected chi connectivity index (χ2v) is 14.5. The summed E-state index contributed by atoms with van der Waals surface area (Å²) in [6, 6.07) is 5.49. The first-order valence-electron chi connectivity index (χ1n) is 17.3. The highest BCUT2D eigenvalue weighted by atomic mass is 32.1. The third kappa shape index (κ3) is 8.14. The summed E-state index contributed by atoms with van der Waals surface area (Å²) >= 11 is 1.40. The summed E-state index contributed by atoms with van der Waals surface area (Å²) in [6.07, 6.45) is 5.89. The van der Waals surface area contributed by atoms with Crippen LogP contribution >= 0.6 is 11.3 Å². The van der Waals surface area contributed by atoms with E-state index in [4.69, 9.17) is 19.4 Å². The van der Waals surface area contributed by atoms with E-state index in [1.54, 1.807) is 0 Å². The number of hydrogen-bond acceptors (Lipinski definition) is 11. The van der Waals surface area contributed by atoms with Crippen LogP contribution in [0.3, 0.4) is 0 Å². The van der Waals surface area contributed by atoms with Gasteiger partial charge in [-0.05, 0) is 70.0 Å². The number of rotatable bonds is 8. The molecule has 2 aliphatic heterocycles. The maximum atomic E-state index is 14.3. The van der Waals surface area contributed by atoms with Gasteiger partial charge in [-0.2, -0.15) is 4.98 Å². The lowest BCUT2D eigenvalue weighted by Crippen LogP contribution is -2.56. The van der Waals surface area contributed by atoms with Crippen molar-refractivity contribution in [2.75, 3.05) is 11.9 Å². The second kappa shape index (κ2) is 15.1. The summed E-state index contributed by atoms with van der Waals surface area (Å²) in [6.45, 7) is 9.15. The summed E-state index contributed by atoms with van der Waals surface area (Å²) in [7, 11) is 0. The monoisotopic (exact) mass is 717 g/mol. The molecule has 5 atom stereocenters. The smallest absolute Gasteiger partial charge is 0.412 e. The minimum atomic E-state index is -1.46. The fourth-order valence-corrected chi connectivity index (χ4v) is 7.36. The number of pyridine rings is 1. The Morgan fingerprint density at radius 2 is 1.98 bits per heavy atom. The van der Waals surface area contributed by atoms with Crippen molar-refractivity contribution in [1.82, 2.24) is 30.5 Å². The Bertz CT molecular complexity index is 1860. The van der Waals surface area contributed by atoms with E-state index >= 15 is 0 Å². The van der Waals surface area contributed by atoms with Crippen molar-refractivity contribution >= 4 is 51.2 Å². The van der Waals surface area contributed by atoms with Crippen LogP contribution in [0, 0.1) is 5.92 Å². The predicted octanol–water partition coefficient (Wildman–Crippen LogP) is 5.03. The number of fused-ring (bicyclic) bond motifs is 3. The summed E-state index contributed by atoms with van der Waals surface area (Å²) in [5, 5.41) is 20.8. The van der Waals surface area contributed by atoms with Crippen LogP contribution in [0.25, 0.3) is 21.7 Å². The largest absolute Gasteiger partial charge is 0.479 e. The summed E-state index contributed by atoms with van der Waals surface area (Å²) in [4.78, 5) is 69.0. The average molecular weight is 718 g/mol. The first-order chi connectivity index (χ1) is 24.4. The fraction of sp³-hybridized carbons (Fsp3) is 0.472. The molecule has 1 saturated carbocycles. The zero-order valence-electron chi connectivity index (χ0n) is 28.9. The zero-order valence-corrected chi connectivity index (χ0v) is 29.7. The Kier molecular flexibility index (Phi) is 10.6. The van der Waals surface area contributed by atoms with Crippen molar-refractivity contribution in [2.24, 2.45) is 5.92 Å². The number of carboxylic acid groups (broad SMARTS) is 1. The number of carbonyl (C=O) groups is 4. The molecule has 0 bridgehead atoms. The van der Waals surface area contributed by atoms with Gasteiger partial charge in [0.1, 0.15) is 39.9 Å². The highest BCUT2D eigenvalue weighted by Gasteiger charge is 2.61. The number of carboxylic acids is 1. The minimum absolute atomic E-state index is 0.00765. The average Bonchev–Trinajstić information content (AvgIpc) is 3.36. The SMILES string of the molecule is C=C(C)OC(=O)N[C@H]1CCCCC/C=C\[C@@H]2C[C@@]2(C(=O)O)NC(=O)[C@@H]2C[C@@H](Oc3nc(-c4cccc(NC(C)C)n4)nc4ccsc34)CN2C1=O. The molecular weight excluding hydrogens is 675 g/mol. The topological polar surface area (TPSA) is 185 Å². The van der Waals surface area contributed by atoms with Gasteiger partial charge in [0, 0.05) is 18.4 Å². The number of allylic oxidation sites excluding steroid dienone is 2. The number of alkyl carbamates (subject to hydrolysis) is 1. The lowest BCUT2D eigenvalue weighted by molar-refractivity contribution is -0.145. The van der Waals surface area contributed by atoms with Crippen LogP contribution in [0.1, 0.15) is 65.7 Å². The summed E-state index contributed by atoms with van der Waals surface area (Å²) in [5.41, 5.74) is -0.266.